The third kappa shape index (κ3) is 2.53. The maximum absolute atomic E-state index is 13.6. The second-order valence-electron chi connectivity index (χ2n) is 6.93. The van der Waals surface area contributed by atoms with Gasteiger partial charge in [-0.05, 0) is 29.7 Å². The number of hydrogen-bond donors (Lipinski definition) is 0. The highest BCUT2D eigenvalue weighted by molar-refractivity contribution is 5.91. The third-order valence-corrected chi connectivity index (χ3v) is 5.58. The van der Waals surface area contributed by atoms with Crippen molar-refractivity contribution < 1.29 is 14.3 Å². The van der Waals surface area contributed by atoms with Gasteiger partial charge in [-0.3, -0.25) is 4.79 Å². The van der Waals surface area contributed by atoms with Crippen molar-refractivity contribution in [2.24, 2.45) is 0 Å². The van der Waals surface area contributed by atoms with Gasteiger partial charge in [-0.15, -0.1) is 6.58 Å². The van der Waals surface area contributed by atoms with Crippen molar-refractivity contribution in [1.29, 1.82) is 0 Å². The SMILES string of the molecule is C=CC[C@@]1(c2ccc(OC)cc2)C[C@H]2OC[C@H](c3ccccc3)N2C1=O. The van der Waals surface area contributed by atoms with E-state index in [0.29, 0.717) is 19.4 Å². The minimum Gasteiger partial charge on any atom is -0.497 e. The standard InChI is InChI=1S/C22H23NO3/c1-3-13-22(17-9-11-18(25-2)12-10-17)14-20-23(21(22)24)19(15-26-20)16-7-5-4-6-8-16/h3-12,19-20H,1,13-15H2,2H3/t19-,20-,22+/m1/s1. The van der Waals surface area contributed by atoms with Crippen molar-refractivity contribution in [2.75, 3.05) is 13.7 Å². The van der Waals surface area contributed by atoms with Gasteiger partial charge in [0.15, 0.2) is 0 Å². The zero-order valence-electron chi connectivity index (χ0n) is 14.9. The van der Waals surface area contributed by atoms with E-state index in [1.165, 1.54) is 0 Å². The molecule has 2 aromatic carbocycles. The summed E-state index contributed by atoms with van der Waals surface area (Å²) in [5.74, 6) is 0.908. The summed E-state index contributed by atoms with van der Waals surface area (Å²) in [7, 11) is 1.64. The number of carbonyl (C=O) groups is 1. The predicted octanol–water partition coefficient (Wildman–Crippen LogP) is 3.84. The average Bonchev–Trinajstić information content (AvgIpc) is 3.22. The van der Waals surface area contributed by atoms with Crippen LogP contribution in [0.3, 0.4) is 0 Å². The van der Waals surface area contributed by atoms with Crippen molar-refractivity contribution in [2.45, 2.75) is 30.5 Å². The lowest BCUT2D eigenvalue weighted by Crippen LogP contribution is -2.39. The summed E-state index contributed by atoms with van der Waals surface area (Å²) in [6, 6.07) is 17.9. The number of nitrogens with zero attached hydrogens (tertiary/aromatic N) is 1. The number of carbonyl (C=O) groups excluding carboxylic acids is 1. The minimum absolute atomic E-state index is 0.0290. The van der Waals surface area contributed by atoms with Crippen LogP contribution in [0.2, 0.25) is 0 Å². The number of ether oxygens (including phenoxy) is 2. The lowest BCUT2D eigenvalue weighted by molar-refractivity contribution is -0.135. The van der Waals surface area contributed by atoms with Crippen LogP contribution in [-0.4, -0.2) is 30.8 Å². The summed E-state index contributed by atoms with van der Waals surface area (Å²) in [6.07, 6.45) is 2.89. The van der Waals surface area contributed by atoms with Gasteiger partial charge in [0.25, 0.3) is 0 Å². The zero-order chi connectivity index (χ0) is 18.1. The van der Waals surface area contributed by atoms with Crippen LogP contribution in [0.1, 0.15) is 30.0 Å². The van der Waals surface area contributed by atoms with Crippen molar-refractivity contribution in [3.63, 3.8) is 0 Å². The fourth-order valence-electron chi connectivity index (χ4n) is 4.24. The number of allylic oxidation sites excluding steroid dienone is 1. The Kier molecular flexibility index (Phi) is 4.29. The van der Waals surface area contributed by atoms with Gasteiger partial charge in [-0.1, -0.05) is 48.5 Å². The Hall–Kier alpha value is -2.59. The molecule has 0 spiro atoms. The first-order valence-electron chi connectivity index (χ1n) is 8.94. The van der Waals surface area contributed by atoms with Gasteiger partial charge in [0.05, 0.1) is 25.2 Å². The van der Waals surface area contributed by atoms with Crippen molar-refractivity contribution >= 4 is 5.91 Å². The van der Waals surface area contributed by atoms with Crippen LogP contribution in [-0.2, 0) is 14.9 Å². The molecule has 0 radical (unpaired) electrons. The molecular weight excluding hydrogens is 326 g/mol. The second kappa shape index (κ2) is 6.61. The molecule has 2 fully saturated rings. The Bertz CT molecular complexity index is 802. The van der Waals surface area contributed by atoms with Gasteiger partial charge < -0.3 is 14.4 Å². The molecular formula is C22H23NO3. The fourth-order valence-corrected chi connectivity index (χ4v) is 4.24. The van der Waals surface area contributed by atoms with E-state index in [-0.39, 0.29) is 18.2 Å². The summed E-state index contributed by atoms with van der Waals surface area (Å²) < 4.78 is 11.3. The van der Waals surface area contributed by atoms with Gasteiger partial charge in [0.1, 0.15) is 12.0 Å². The normalized spacial score (nSPS) is 27.4. The lowest BCUT2D eigenvalue weighted by atomic mass is 9.75. The van der Waals surface area contributed by atoms with Crippen LogP contribution in [0.5, 0.6) is 5.75 Å². The molecule has 0 unspecified atom stereocenters. The van der Waals surface area contributed by atoms with Gasteiger partial charge in [-0.2, -0.15) is 0 Å². The molecule has 3 atom stereocenters. The Morgan fingerprint density at radius 2 is 1.96 bits per heavy atom. The topological polar surface area (TPSA) is 38.8 Å². The van der Waals surface area contributed by atoms with Gasteiger partial charge >= 0.3 is 0 Å². The van der Waals surface area contributed by atoms with E-state index in [2.05, 4.69) is 18.7 Å². The number of fused-ring (bicyclic) bond motifs is 1. The maximum atomic E-state index is 13.6. The first-order valence-corrected chi connectivity index (χ1v) is 8.94. The van der Waals surface area contributed by atoms with E-state index in [4.69, 9.17) is 9.47 Å². The molecule has 26 heavy (non-hydrogen) atoms. The highest BCUT2D eigenvalue weighted by atomic mass is 16.5. The third-order valence-electron chi connectivity index (χ3n) is 5.58. The van der Waals surface area contributed by atoms with Crippen LogP contribution >= 0.6 is 0 Å². The van der Waals surface area contributed by atoms with E-state index in [0.717, 1.165) is 16.9 Å². The second-order valence-corrected chi connectivity index (χ2v) is 6.93. The fraction of sp³-hybridized carbons (Fsp3) is 0.318. The molecule has 1 amide bonds. The van der Waals surface area contributed by atoms with Crippen LogP contribution in [0, 0.1) is 0 Å². The number of benzene rings is 2. The molecule has 2 saturated heterocycles. The van der Waals surface area contributed by atoms with E-state index < -0.39 is 5.41 Å². The van der Waals surface area contributed by atoms with Crippen LogP contribution in [0.15, 0.2) is 67.3 Å². The van der Waals surface area contributed by atoms with Gasteiger partial charge in [0.2, 0.25) is 5.91 Å². The van der Waals surface area contributed by atoms with Crippen LogP contribution in [0.25, 0.3) is 0 Å². The Labute approximate surface area is 154 Å². The summed E-state index contributed by atoms with van der Waals surface area (Å²) in [4.78, 5) is 15.5. The lowest BCUT2D eigenvalue weighted by Gasteiger charge is -2.29. The summed E-state index contributed by atoms with van der Waals surface area (Å²) in [5.41, 5.74) is 1.49. The Morgan fingerprint density at radius 3 is 2.62 bits per heavy atom. The summed E-state index contributed by atoms with van der Waals surface area (Å²) >= 11 is 0. The molecule has 134 valence electrons. The zero-order valence-corrected chi connectivity index (χ0v) is 14.9. The minimum atomic E-state index is -0.619. The smallest absolute Gasteiger partial charge is 0.236 e. The number of hydrogen-bond acceptors (Lipinski definition) is 3. The van der Waals surface area contributed by atoms with E-state index in [1.54, 1.807) is 7.11 Å². The molecule has 0 bridgehead atoms. The van der Waals surface area contributed by atoms with Crippen molar-refractivity contribution in [1.82, 2.24) is 4.90 Å². The molecule has 0 aromatic heterocycles. The first kappa shape index (κ1) is 16.9. The van der Waals surface area contributed by atoms with Gasteiger partial charge in [0, 0.05) is 6.42 Å². The summed E-state index contributed by atoms with van der Waals surface area (Å²) in [5, 5.41) is 0. The quantitative estimate of drug-likeness (QED) is 0.770. The molecule has 0 saturated carbocycles. The molecule has 2 heterocycles. The van der Waals surface area contributed by atoms with Crippen molar-refractivity contribution in [3.8, 4) is 5.75 Å². The first-order chi connectivity index (χ1) is 12.7. The van der Waals surface area contributed by atoms with E-state index in [9.17, 15) is 4.79 Å². The molecule has 2 aliphatic rings. The predicted molar refractivity (Wildman–Crippen MR) is 99.9 cm³/mol. The molecule has 4 nitrogen and oxygen atoms in total. The highest BCUT2D eigenvalue weighted by Gasteiger charge is 2.57. The average molecular weight is 349 g/mol. The van der Waals surface area contributed by atoms with Crippen LogP contribution < -0.4 is 4.74 Å². The number of rotatable bonds is 5. The molecule has 0 N–H and O–H groups in total. The maximum Gasteiger partial charge on any atom is 0.236 e. The monoisotopic (exact) mass is 349 g/mol. The Morgan fingerprint density at radius 1 is 1.23 bits per heavy atom. The molecule has 2 aliphatic heterocycles. The van der Waals surface area contributed by atoms with Crippen molar-refractivity contribution in [3.05, 3.63) is 78.4 Å². The summed E-state index contributed by atoms with van der Waals surface area (Å²) in [6.45, 7) is 4.45. The molecule has 4 rings (SSSR count). The molecule has 4 heteroatoms. The van der Waals surface area contributed by atoms with Gasteiger partial charge in [-0.25, -0.2) is 0 Å². The van der Waals surface area contributed by atoms with E-state index in [1.807, 2.05) is 53.4 Å². The van der Waals surface area contributed by atoms with Crippen LogP contribution in [0.4, 0.5) is 0 Å². The number of amides is 1. The number of methoxy groups -OCH3 is 1. The largest absolute Gasteiger partial charge is 0.497 e. The Balaban J connectivity index is 1.71. The molecule has 2 aromatic rings. The van der Waals surface area contributed by atoms with E-state index >= 15 is 0 Å². The molecule has 0 aliphatic carbocycles. The highest BCUT2D eigenvalue weighted by Crippen LogP contribution is 2.49.